The number of hydrogen-bond donors (Lipinski definition) is 2. The van der Waals surface area contributed by atoms with Crippen molar-refractivity contribution >= 4 is 11.9 Å². The second kappa shape index (κ2) is 10.8. The molecule has 1 aliphatic rings. The van der Waals surface area contributed by atoms with Gasteiger partial charge in [0, 0.05) is 18.3 Å². The third-order valence-corrected chi connectivity index (χ3v) is 6.20. The van der Waals surface area contributed by atoms with E-state index in [1.54, 1.807) is 36.4 Å². The van der Waals surface area contributed by atoms with E-state index in [0.29, 0.717) is 17.0 Å². The van der Waals surface area contributed by atoms with E-state index < -0.39 is 17.7 Å². The van der Waals surface area contributed by atoms with Gasteiger partial charge in [0.2, 0.25) is 0 Å². The Hall–Kier alpha value is -3.82. The van der Waals surface area contributed by atoms with E-state index in [1.807, 2.05) is 6.07 Å². The van der Waals surface area contributed by atoms with Gasteiger partial charge in [0.25, 0.3) is 5.91 Å². The number of carboxylic acids is 1. The minimum Gasteiger partial charge on any atom is -0.489 e. The first-order chi connectivity index (χ1) is 17.2. The van der Waals surface area contributed by atoms with Crippen molar-refractivity contribution < 1.29 is 32.6 Å². The summed E-state index contributed by atoms with van der Waals surface area (Å²) in [5.74, 6) is -0.405. The smallest absolute Gasteiger partial charge is 0.419 e. The molecule has 0 radical (unpaired) electrons. The number of benzene rings is 2. The van der Waals surface area contributed by atoms with E-state index >= 15 is 0 Å². The number of hydrogen-bond acceptors (Lipinski definition) is 4. The molecule has 36 heavy (non-hydrogen) atoms. The van der Waals surface area contributed by atoms with E-state index in [9.17, 15) is 22.8 Å². The van der Waals surface area contributed by atoms with Crippen LogP contribution in [0.25, 0.3) is 5.69 Å². The van der Waals surface area contributed by atoms with Gasteiger partial charge in [-0.3, -0.25) is 9.59 Å². The molecule has 0 bridgehead atoms. The maximum atomic E-state index is 13.0. The van der Waals surface area contributed by atoms with Crippen molar-refractivity contribution in [3.63, 3.8) is 0 Å². The third-order valence-electron chi connectivity index (χ3n) is 6.20. The van der Waals surface area contributed by atoms with Crippen LogP contribution in [0.15, 0.2) is 54.9 Å². The molecule has 1 fully saturated rings. The highest BCUT2D eigenvalue weighted by Crippen LogP contribution is 2.40. The summed E-state index contributed by atoms with van der Waals surface area (Å²) >= 11 is 0. The SMILES string of the molecule is O=C(O)CCNC(=O)c1ccc(COc2ccc(-n3cc(C(F)(F)F)cn3)cc2C2CCCC2)cc1. The van der Waals surface area contributed by atoms with Crippen LogP contribution in [-0.4, -0.2) is 33.3 Å². The van der Waals surface area contributed by atoms with Crippen LogP contribution in [0.4, 0.5) is 13.2 Å². The number of nitrogens with zero attached hydrogens (tertiary/aromatic N) is 2. The average Bonchev–Trinajstić information content (AvgIpc) is 3.55. The number of alkyl halides is 3. The number of carboxylic acid groups (broad SMARTS) is 1. The molecule has 1 heterocycles. The molecule has 10 heteroatoms. The Kier molecular flexibility index (Phi) is 7.61. The summed E-state index contributed by atoms with van der Waals surface area (Å²) < 4.78 is 46.3. The van der Waals surface area contributed by atoms with Gasteiger partial charge in [0.1, 0.15) is 12.4 Å². The third kappa shape index (κ3) is 6.24. The van der Waals surface area contributed by atoms with Crippen LogP contribution in [0.1, 0.15) is 65.1 Å². The highest BCUT2D eigenvalue weighted by molar-refractivity contribution is 5.94. The Morgan fingerprint density at radius 1 is 1.11 bits per heavy atom. The molecule has 0 atom stereocenters. The van der Waals surface area contributed by atoms with E-state index in [-0.39, 0.29) is 31.4 Å². The van der Waals surface area contributed by atoms with Gasteiger partial charge in [0.15, 0.2) is 0 Å². The molecular weight excluding hydrogens is 475 g/mol. The molecule has 2 N–H and O–H groups in total. The van der Waals surface area contributed by atoms with E-state index in [1.165, 1.54) is 4.68 Å². The lowest BCUT2D eigenvalue weighted by molar-refractivity contribution is -0.138. The number of amides is 1. The largest absolute Gasteiger partial charge is 0.489 e. The lowest BCUT2D eigenvalue weighted by atomic mass is 9.96. The molecule has 0 saturated heterocycles. The van der Waals surface area contributed by atoms with Crippen LogP contribution < -0.4 is 10.1 Å². The monoisotopic (exact) mass is 501 g/mol. The zero-order chi connectivity index (χ0) is 25.7. The number of aromatic nitrogens is 2. The van der Waals surface area contributed by atoms with Crippen molar-refractivity contribution in [3.05, 3.63) is 77.1 Å². The molecule has 1 aromatic heterocycles. The number of halogens is 3. The van der Waals surface area contributed by atoms with E-state index in [0.717, 1.165) is 49.2 Å². The quantitative estimate of drug-likeness (QED) is 0.413. The summed E-state index contributed by atoms with van der Waals surface area (Å²) in [7, 11) is 0. The zero-order valence-corrected chi connectivity index (χ0v) is 19.4. The van der Waals surface area contributed by atoms with E-state index in [4.69, 9.17) is 9.84 Å². The molecule has 7 nitrogen and oxygen atoms in total. The highest BCUT2D eigenvalue weighted by Gasteiger charge is 2.32. The number of ether oxygens (including phenoxy) is 1. The average molecular weight is 502 g/mol. The molecule has 1 aliphatic carbocycles. The van der Waals surface area contributed by atoms with Crippen molar-refractivity contribution in [2.24, 2.45) is 0 Å². The van der Waals surface area contributed by atoms with Gasteiger partial charge in [-0.2, -0.15) is 18.3 Å². The molecule has 2 aromatic carbocycles. The maximum absolute atomic E-state index is 13.0. The lowest BCUT2D eigenvalue weighted by Gasteiger charge is -2.18. The first-order valence-corrected chi connectivity index (χ1v) is 11.7. The summed E-state index contributed by atoms with van der Waals surface area (Å²) in [5, 5.41) is 15.1. The fourth-order valence-electron chi connectivity index (χ4n) is 4.27. The number of aliphatic carboxylic acids is 1. The molecule has 4 rings (SSSR count). The van der Waals surface area contributed by atoms with Crippen molar-refractivity contribution in [3.8, 4) is 11.4 Å². The molecule has 1 saturated carbocycles. The molecule has 0 spiro atoms. The Balaban J connectivity index is 1.46. The normalized spacial score (nSPS) is 14.1. The van der Waals surface area contributed by atoms with Crippen molar-refractivity contribution in [2.45, 2.75) is 50.8 Å². The van der Waals surface area contributed by atoms with Crippen LogP contribution in [0.5, 0.6) is 5.75 Å². The first kappa shape index (κ1) is 25.3. The fraction of sp³-hybridized carbons (Fsp3) is 0.346. The second-order valence-corrected chi connectivity index (χ2v) is 8.76. The molecule has 190 valence electrons. The van der Waals surface area contributed by atoms with Crippen LogP contribution in [-0.2, 0) is 17.6 Å². The van der Waals surface area contributed by atoms with Crippen molar-refractivity contribution in [1.29, 1.82) is 0 Å². The van der Waals surface area contributed by atoms with Gasteiger partial charge in [-0.05, 0) is 60.2 Å². The lowest BCUT2D eigenvalue weighted by Crippen LogP contribution is -2.25. The molecule has 1 amide bonds. The second-order valence-electron chi connectivity index (χ2n) is 8.76. The van der Waals surface area contributed by atoms with Crippen LogP contribution in [0, 0.1) is 0 Å². The number of rotatable bonds is 9. The van der Waals surface area contributed by atoms with Gasteiger partial charge in [-0.15, -0.1) is 0 Å². The minimum atomic E-state index is -4.45. The first-order valence-electron chi connectivity index (χ1n) is 11.7. The Morgan fingerprint density at radius 2 is 1.83 bits per heavy atom. The minimum absolute atomic E-state index is 0.0506. The predicted molar refractivity (Wildman–Crippen MR) is 125 cm³/mol. The van der Waals surface area contributed by atoms with Crippen LogP contribution in [0.3, 0.4) is 0 Å². The summed E-state index contributed by atoms with van der Waals surface area (Å²) in [4.78, 5) is 22.7. The number of carbonyl (C=O) groups is 2. The number of carbonyl (C=O) groups excluding carboxylic acids is 1. The van der Waals surface area contributed by atoms with Crippen molar-refractivity contribution in [2.75, 3.05) is 6.54 Å². The van der Waals surface area contributed by atoms with Crippen LogP contribution >= 0.6 is 0 Å². The van der Waals surface area contributed by atoms with E-state index in [2.05, 4.69) is 10.4 Å². The van der Waals surface area contributed by atoms with Gasteiger partial charge in [0.05, 0.1) is 23.9 Å². The van der Waals surface area contributed by atoms with Crippen molar-refractivity contribution in [1.82, 2.24) is 15.1 Å². The summed E-state index contributed by atoms with van der Waals surface area (Å²) in [5.41, 5.74) is 1.93. The molecular formula is C26H26F3N3O4. The van der Waals surface area contributed by atoms with Gasteiger partial charge < -0.3 is 15.2 Å². The number of nitrogens with one attached hydrogen (secondary N) is 1. The summed E-state index contributed by atoms with van der Waals surface area (Å²) in [6, 6.07) is 12.1. The van der Waals surface area contributed by atoms with Gasteiger partial charge in [-0.1, -0.05) is 25.0 Å². The fourth-order valence-corrected chi connectivity index (χ4v) is 4.27. The Morgan fingerprint density at radius 3 is 2.47 bits per heavy atom. The molecule has 0 aliphatic heterocycles. The zero-order valence-electron chi connectivity index (χ0n) is 19.4. The summed E-state index contributed by atoms with van der Waals surface area (Å²) in [6.07, 6.45) is 1.34. The standard InChI is InChI=1S/C26H26F3N3O4/c27-26(28,29)20-14-31-32(15-20)21-9-10-23(22(13-21)18-3-1-2-4-18)36-16-17-5-7-19(8-6-17)25(35)30-12-11-24(33)34/h5-10,13-15,18H,1-4,11-12,16H2,(H,30,35)(H,33,34). The predicted octanol–water partition coefficient (Wildman–Crippen LogP) is 5.33. The van der Waals surface area contributed by atoms with Crippen LogP contribution in [0.2, 0.25) is 0 Å². The van der Waals surface area contributed by atoms with Gasteiger partial charge in [-0.25, -0.2) is 4.68 Å². The maximum Gasteiger partial charge on any atom is 0.419 e. The highest BCUT2D eigenvalue weighted by atomic mass is 19.4. The molecule has 3 aromatic rings. The Labute approximate surface area is 205 Å². The van der Waals surface area contributed by atoms with Gasteiger partial charge >= 0.3 is 12.1 Å². The Bertz CT molecular complexity index is 1220. The topological polar surface area (TPSA) is 93.5 Å². The molecule has 0 unspecified atom stereocenters. The summed E-state index contributed by atoms with van der Waals surface area (Å²) in [6.45, 7) is 0.301.